The number of anilines is 1. The van der Waals surface area contributed by atoms with E-state index >= 15 is 0 Å². The van der Waals surface area contributed by atoms with Gasteiger partial charge in [0.05, 0.1) is 17.7 Å². The molecule has 0 fully saturated rings. The Balaban J connectivity index is 2.05. The van der Waals surface area contributed by atoms with E-state index in [0.29, 0.717) is 11.4 Å². The second-order valence-electron chi connectivity index (χ2n) is 6.17. The first kappa shape index (κ1) is 20.2. The Morgan fingerprint density at radius 3 is 2.65 bits per heavy atom. The number of benzene rings is 1. The summed E-state index contributed by atoms with van der Waals surface area (Å²) in [5.41, 5.74) is 0.478. The topological polar surface area (TPSA) is 88.4 Å². The van der Waals surface area contributed by atoms with Gasteiger partial charge in [-0.05, 0) is 43.2 Å². The number of sulfonamides is 1. The fourth-order valence-electron chi connectivity index (χ4n) is 2.62. The Hall–Kier alpha value is -2.12. The van der Waals surface area contributed by atoms with E-state index in [0.717, 1.165) is 25.7 Å². The second-order valence-corrected chi connectivity index (χ2v) is 7.94. The number of hydrogen-bond acceptors (Lipinski definition) is 4. The Kier molecular flexibility index (Phi) is 7.41. The van der Waals surface area contributed by atoms with Crippen molar-refractivity contribution in [1.29, 1.82) is 0 Å². The van der Waals surface area contributed by atoms with Gasteiger partial charge in [-0.3, -0.25) is 4.79 Å². The molecule has 26 heavy (non-hydrogen) atoms. The van der Waals surface area contributed by atoms with Gasteiger partial charge < -0.3 is 9.73 Å². The van der Waals surface area contributed by atoms with E-state index in [-0.39, 0.29) is 23.3 Å². The van der Waals surface area contributed by atoms with Crippen LogP contribution >= 0.6 is 0 Å². The number of nitrogens with one attached hydrogen (secondary N) is 2. The van der Waals surface area contributed by atoms with Crippen molar-refractivity contribution in [2.24, 2.45) is 5.92 Å². The summed E-state index contributed by atoms with van der Waals surface area (Å²) in [5, 5.41) is 2.83. The third-order valence-corrected chi connectivity index (χ3v) is 5.60. The summed E-state index contributed by atoms with van der Waals surface area (Å²) in [6, 6.07) is 9.66. The summed E-state index contributed by atoms with van der Waals surface area (Å²) in [7, 11) is -3.70. The maximum atomic E-state index is 12.4. The molecule has 1 aromatic carbocycles. The Bertz CT molecular complexity index is 801. The van der Waals surface area contributed by atoms with Crippen molar-refractivity contribution < 1.29 is 17.6 Å². The number of unbranched alkanes of at least 4 members (excludes halogenated alkanes) is 1. The van der Waals surface area contributed by atoms with Crippen molar-refractivity contribution >= 4 is 21.6 Å². The van der Waals surface area contributed by atoms with Crippen LogP contribution in [0.15, 0.2) is 52.0 Å². The van der Waals surface area contributed by atoms with Crippen molar-refractivity contribution in [2.45, 2.75) is 51.0 Å². The van der Waals surface area contributed by atoms with Crippen molar-refractivity contribution in [3.63, 3.8) is 0 Å². The third kappa shape index (κ3) is 5.71. The van der Waals surface area contributed by atoms with Gasteiger partial charge in [0.25, 0.3) is 0 Å². The number of rotatable bonds is 10. The molecular formula is C19H26N2O4S. The predicted octanol–water partition coefficient (Wildman–Crippen LogP) is 3.91. The molecule has 2 aromatic rings. The average Bonchev–Trinajstić information content (AvgIpc) is 3.14. The van der Waals surface area contributed by atoms with Crippen LogP contribution < -0.4 is 10.0 Å². The van der Waals surface area contributed by atoms with E-state index in [4.69, 9.17) is 4.42 Å². The molecule has 0 aliphatic heterocycles. The third-order valence-electron chi connectivity index (χ3n) is 4.20. The average molecular weight is 378 g/mol. The second kappa shape index (κ2) is 9.54. The summed E-state index contributed by atoms with van der Waals surface area (Å²) in [5.74, 6) is 0.395. The molecule has 1 atom stereocenters. The smallest absolute Gasteiger partial charge is 0.241 e. The molecule has 0 aliphatic rings. The van der Waals surface area contributed by atoms with E-state index < -0.39 is 10.0 Å². The quantitative estimate of drug-likeness (QED) is 0.656. The standard InChI is InChI=1S/C19H26N2O4S/c1-3-5-8-15(4-2)19(22)21-16-9-6-11-18(13-16)26(23,24)20-14-17-10-7-12-25-17/h6-7,9-13,15,20H,3-5,8,14H2,1-2H3,(H,21,22). The van der Waals surface area contributed by atoms with Crippen LogP contribution in [-0.2, 0) is 21.4 Å². The lowest BCUT2D eigenvalue weighted by molar-refractivity contribution is -0.120. The highest BCUT2D eigenvalue weighted by Gasteiger charge is 2.18. The molecular weight excluding hydrogens is 352 g/mol. The van der Waals surface area contributed by atoms with Gasteiger partial charge in [-0.1, -0.05) is 32.8 Å². The zero-order chi connectivity index (χ0) is 19.0. The Morgan fingerprint density at radius 1 is 1.19 bits per heavy atom. The molecule has 1 aromatic heterocycles. The molecule has 2 N–H and O–H groups in total. The molecule has 0 saturated carbocycles. The largest absolute Gasteiger partial charge is 0.468 e. The van der Waals surface area contributed by atoms with Gasteiger partial charge in [0.1, 0.15) is 5.76 Å². The lowest BCUT2D eigenvalue weighted by Gasteiger charge is -2.15. The molecule has 0 radical (unpaired) electrons. The summed E-state index contributed by atoms with van der Waals surface area (Å²) < 4.78 is 32.5. The highest BCUT2D eigenvalue weighted by atomic mass is 32.2. The van der Waals surface area contributed by atoms with Gasteiger partial charge in [-0.2, -0.15) is 0 Å². The minimum Gasteiger partial charge on any atom is -0.468 e. The molecule has 0 aliphatic carbocycles. The van der Waals surface area contributed by atoms with E-state index in [1.54, 1.807) is 24.3 Å². The van der Waals surface area contributed by atoms with Crippen molar-refractivity contribution in [3.8, 4) is 0 Å². The number of carbonyl (C=O) groups is 1. The van der Waals surface area contributed by atoms with Gasteiger partial charge in [0, 0.05) is 11.6 Å². The van der Waals surface area contributed by atoms with Crippen molar-refractivity contribution in [3.05, 3.63) is 48.4 Å². The molecule has 142 valence electrons. The molecule has 7 heteroatoms. The Labute approximate surface area is 155 Å². The van der Waals surface area contributed by atoms with Crippen LogP contribution in [0.2, 0.25) is 0 Å². The normalized spacial score (nSPS) is 12.7. The van der Waals surface area contributed by atoms with Gasteiger partial charge in [-0.15, -0.1) is 0 Å². The number of carbonyl (C=O) groups excluding carboxylic acids is 1. The molecule has 1 unspecified atom stereocenters. The number of amides is 1. The molecule has 1 heterocycles. The first-order valence-corrected chi connectivity index (χ1v) is 10.4. The molecule has 1 amide bonds. The van der Waals surface area contributed by atoms with E-state index in [1.807, 2.05) is 6.92 Å². The van der Waals surface area contributed by atoms with Crippen molar-refractivity contribution in [2.75, 3.05) is 5.32 Å². The van der Waals surface area contributed by atoms with Gasteiger partial charge >= 0.3 is 0 Å². The van der Waals surface area contributed by atoms with Crippen LogP contribution in [0, 0.1) is 5.92 Å². The van der Waals surface area contributed by atoms with E-state index in [1.165, 1.54) is 18.4 Å². The van der Waals surface area contributed by atoms with Gasteiger partial charge in [0.15, 0.2) is 0 Å². The highest BCUT2D eigenvalue weighted by molar-refractivity contribution is 7.89. The molecule has 0 bridgehead atoms. The van der Waals surface area contributed by atoms with Crippen LogP contribution in [0.3, 0.4) is 0 Å². The van der Waals surface area contributed by atoms with Crippen LogP contribution in [0.5, 0.6) is 0 Å². The predicted molar refractivity (Wildman–Crippen MR) is 101 cm³/mol. The minimum atomic E-state index is -3.70. The summed E-state index contributed by atoms with van der Waals surface area (Å²) in [4.78, 5) is 12.5. The highest BCUT2D eigenvalue weighted by Crippen LogP contribution is 2.19. The molecule has 0 saturated heterocycles. The lowest BCUT2D eigenvalue weighted by Crippen LogP contribution is -2.24. The van der Waals surface area contributed by atoms with Crippen molar-refractivity contribution in [1.82, 2.24) is 4.72 Å². The number of hydrogen-bond donors (Lipinski definition) is 2. The first-order valence-electron chi connectivity index (χ1n) is 8.89. The fraction of sp³-hybridized carbons (Fsp3) is 0.421. The summed E-state index contributed by atoms with van der Waals surface area (Å²) in [6.45, 7) is 4.15. The zero-order valence-electron chi connectivity index (χ0n) is 15.2. The summed E-state index contributed by atoms with van der Waals surface area (Å²) in [6.07, 6.45) is 5.12. The fourth-order valence-corrected chi connectivity index (χ4v) is 3.66. The monoisotopic (exact) mass is 378 g/mol. The number of furan rings is 1. The van der Waals surface area contributed by atoms with Crippen LogP contribution in [-0.4, -0.2) is 14.3 Å². The minimum absolute atomic E-state index is 0.0627. The maximum Gasteiger partial charge on any atom is 0.241 e. The maximum absolute atomic E-state index is 12.4. The van der Waals surface area contributed by atoms with Crippen LogP contribution in [0.25, 0.3) is 0 Å². The van der Waals surface area contributed by atoms with E-state index in [2.05, 4.69) is 17.0 Å². The van der Waals surface area contributed by atoms with Gasteiger partial charge in [0.2, 0.25) is 15.9 Å². The van der Waals surface area contributed by atoms with Crippen LogP contribution in [0.4, 0.5) is 5.69 Å². The van der Waals surface area contributed by atoms with Crippen LogP contribution in [0.1, 0.15) is 45.3 Å². The summed E-state index contributed by atoms with van der Waals surface area (Å²) >= 11 is 0. The first-order chi connectivity index (χ1) is 12.5. The zero-order valence-corrected chi connectivity index (χ0v) is 16.0. The van der Waals surface area contributed by atoms with Gasteiger partial charge in [-0.25, -0.2) is 13.1 Å². The molecule has 0 spiro atoms. The SMILES string of the molecule is CCCCC(CC)C(=O)Nc1cccc(S(=O)(=O)NCc2ccco2)c1. The lowest BCUT2D eigenvalue weighted by atomic mass is 9.98. The molecule has 2 rings (SSSR count). The van der Waals surface area contributed by atoms with E-state index in [9.17, 15) is 13.2 Å². The molecule has 6 nitrogen and oxygen atoms in total. The Morgan fingerprint density at radius 2 is 2.00 bits per heavy atom.